The van der Waals surface area contributed by atoms with Crippen molar-refractivity contribution in [1.29, 1.82) is 5.26 Å². The van der Waals surface area contributed by atoms with Gasteiger partial charge < -0.3 is 5.73 Å². The number of allylic oxidation sites excluding steroid dienone is 2. The Morgan fingerprint density at radius 1 is 1.57 bits per heavy atom. The molecule has 0 fully saturated rings. The molecule has 0 spiro atoms. The van der Waals surface area contributed by atoms with Crippen LogP contribution in [0, 0.1) is 11.3 Å². The zero-order chi connectivity index (χ0) is 10.9. The van der Waals surface area contributed by atoms with E-state index < -0.39 is 17.8 Å². The van der Waals surface area contributed by atoms with Crippen molar-refractivity contribution >= 4 is 0 Å². The van der Waals surface area contributed by atoms with Gasteiger partial charge in [-0.1, -0.05) is 0 Å². The highest BCUT2D eigenvalue weighted by molar-refractivity contribution is 5.43. The lowest BCUT2D eigenvalue weighted by molar-refractivity contribution is -0.0951. The summed E-state index contributed by atoms with van der Waals surface area (Å²) in [5.41, 5.74) is 5.06. The van der Waals surface area contributed by atoms with Gasteiger partial charge in [-0.05, 0) is 25.0 Å². The summed E-state index contributed by atoms with van der Waals surface area (Å²) in [6.07, 6.45) is -3.45. The first-order chi connectivity index (χ1) is 6.36. The van der Waals surface area contributed by atoms with E-state index in [0.717, 1.165) is 0 Å². The Labute approximate surface area is 79.5 Å². The first-order valence-electron chi connectivity index (χ1n) is 4.00. The van der Waals surface area contributed by atoms with Crippen molar-refractivity contribution in [1.82, 2.24) is 0 Å². The first kappa shape index (κ1) is 10.8. The maximum absolute atomic E-state index is 12.4. The number of nitriles is 1. The summed E-state index contributed by atoms with van der Waals surface area (Å²) in [5, 5.41) is 8.57. The van der Waals surface area contributed by atoms with Crippen molar-refractivity contribution in [2.24, 2.45) is 5.73 Å². The molecule has 2 N–H and O–H groups in total. The van der Waals surface area contributed by atoms with Gasteiger partial charge in [0.05, 0.1) is 6.07 Å². The largest absolute Gasteiger partial charge is 0.413 e. The standard InChI is InChI=1S/C9H9F3N2/c1-5-2-6(4-13)8(14)3-7(5)9(10,11)12/h2,8H,3,14H2,1H3. The fraction of sp³-hybridized carbons (Fsp3) is 0.444. The number of halogens is 3. The summed E-state index contributed by atoms with van der Waals surface area (Å²) in [7, 11) is 0. The van der Waals surface area contributed by atoms with Gasteiger partial charge in [-0.2, -0.15) is 18.4 Å². The second-order valence-electron chi connectivity index (χ2n) is 3.18. The van der Waals surface area contributed by atoms with Crippen molar-refractivity contribution in [3.63, 3.8) is 0 Å². The maximum atomic E-state index is 12.4. The smallest absolute Gasteiger partial charge is 0.323 e. The van der Waals surface area contributed by atoms with Gasteiger partial charge in [0.15, 0.2) is 0 Å². The van der Waals surface area contributed by atoms with E-state index in [0.29, 0.717) is 0 Å². The zero-order valence-electron chi connectivity index (χ0n) is 7.52. The number of hydrogen-bond donors (Lipinski definition) is 1. The van der Waals surface area contributed by atoms with Gasteiger partial charge in [0.2, 0.25) is 0 Å². The van der Waals surface area contributed by atoms with E-state index in [4.69, 9.17) is 11.0 Å². The maximum Gasteiger partial charge on any atom is 0.413 e. The molecule has 0 radical (unpaired) electrons. The molecule has 0 saturated heterocycles. The van der Waals surface area contributed by atoms with Crippen LogP contribution in [0.15, 0.2) is 22.8 Å². The third-order valence-corrected chi connectivity index (χ3v) is 2.14. The normalized spacial score (nSPS) is 23.1. The van der Waals surface area contributed by atoms with Crippen LogP contribution in [-0.2, 0) is 0 Å². The van der Waals surface area contributed by atoms with Gasteiger partial charge in [0.25, 0.3) is 0 Å². The molecule has 0 amide bonds. The molecule has 0 aromatic rings. The SMILES string of the molecule is CC1=C(C(F)(F)F)CC(N)C(C#N)=C1. The molecule has 0 aromatic heterocycles. The van der Waals surface area contributed by atoms with Crippen molar-refractivity contribution in [2.75, 3.05) is 0 Å². The number of nitrogens with two attached hydrogens (primary N) is 1. The average Bonchev–Trinajstić information content (AvgIpc) is 2.06. The van der Waals surface area contributed by atoms with Crippen LogP contribution in [0.5, 0.6) is 0 Å². The Balaban J connectivity index is 3.12. The zero-order valence-corrected chi connectivity index (χ0v) is 7.52. The molecule has 1 atom stereocenters. The van der Waals surface area contributed by atoms with Crippen LogP contribution in [0.4, 0.5) is 13.2 Å². The number of hydrogen-bond acceptors (Lipinski definition) is 2. The molecule has 14 heavy (non-hydrogen) atoms. The van der Waals surface area contributed by atoms with Crippen molar-refractivity contribution in [3.05, 3.63) is 22.8 Å². The molecular weight excluding hydrogens is 193 g/mol. The number of rotatable bonds is 0. The van der Waals surface area contributed by atoms with E-state index in [1.807, 2.05) is 0 Å². The fourth-order valence-corrected chi connectivity index (χ4v) is 1.37. The van der Waals surface area contributed by atoms with Gasteiger partial charge in [-0.25, -0.2) is 0 Å². The van der Waals surface area contributed by atoms with E-state index in [9.17, 15) is 13.2 Å². The minimum atomic E-state index is -4.35. The van der Waals surface area contributed by atoms with Gasteiger partial charge in [-0.15, -0.1) is 0 Å². The molecular formula is C9H9F3N2. The fourth-order valence-electron chi connectivity index (χ4n) is 1.37. The van der Waals surface area contributed by atoms with Crippen LogP contribution >= 0.6 is 0 Å². The Morgan fingerprint density at radius 3 is 2.57 bits per heavy atom. The molecule has 76 valence electrons. The second-order valence-corrected chi connectivity index (χ2v) is 3.18. The second kappa shape index (κ2) is 3.46. The summed E-state index contributed by atoms with van der Waals surface area (Å²) in [6.45, 7) is 1.34. The van der Waals surface area contributed by atoms with E-state index in [-0.39, 0.29) is 17.6 Å². The monoisotopic (exact) mass is 202 g/mol. The molecule has 1 aliphatic carbocycles. The van der Waals surface area contributed by atoms with Gasteiger partial charge >= 0.3 is 6.18 Å². The third kappa shape index (κ3) is 1.96. The van der Waals surface area contributed by atoms with Crippen LogP contribution in [0.2, 0.25) is 0 Å². The molecule has 1 unspecified atom stereocenters. The van der Waals surface area contributed by atoms with Crippen LogP contribution in [0.1, 0.15) is 13.3 Å². The molecule has 0 aromatic carbocycles. The first-order valence-corrected chi connectivity index (χ1v) is 4.00. The third-order valence-electron chi connectivity index (χ3n) is 2.14. The lowest BCUT2D eigenvalue weighted by Gasteiger charge is -2.22. The summed E-state index contributed by atoms with van der Waals surface area (Å²) < 4.78 is 37.1. The lowest BCUT2D eigenvalue weighted by Crippen LogP contribution is -2.30. The van der Waals surface area contributed by atoms with E-state index in [1.165, 1.54) is 13.0 Å². The summed E-state index contributed by atoms with van der Waals surface area (Å²) in [6, 6.07) is 0.958. The molecule has 0 bridgehead atoms. The summed E-state index contributed by atoms with van der Waals surface area (Å²) in [5.74, 6) is 0. The summed E-state index contributed by atoms with van der Waals surface area (Å²) >= 11 is 0. The number of alkyl halides is 3. The highest BCUT2D eigenvalue weighted by Gasteiger charge is 2.37. The average molecular weight is 202 g/mol. The molecule has 0 saturated carbocycles. The van der Waals surface area contributed by atoms with Gasteiger partial charge in [-0.3, -0.25) is 0 Å². The van der Waals surface area contributed by atoms with Crippen LogP contribution in [0.3, 0.4) is 0 Å². The molecule has 5 heteroatoms. The highest BCUT2D eigenvalue weighted by atomic mass is 19.4. The predicted molar refractivity (Wildman–Crippen MR) is 45.0 cm³/mol. The number of nitrogens with zero attached hydrogens (tertiary/aromatic N) is 1. The molecule has 1 aliphatic rings. The minimum absolute atomic E-state index is 0.0794. The lowest BCUT2D eigenvalue weighted by atomic mass is 9.90. The quantitative estimate of drug-likeness (QED) is 0.653. The molecule has 1 rings (SSSR count). The van der Waals surface area contributed by atoms with E-state index in [1.54, 1.807) is 6.07 Å². The Kier molecular flexibility index (Phi) is 2.67. The van der Waals surface area contributed by atoms with Crippen LogP contribution in [0.25, 0.3) is 0 Å². The minimum Gasteiger partial charge on any atom is -0.323 e. The van der Waals surface area contributed by atoms with Crippen molar-refractivity contribution < 1.29 is 13.2 Å². The van der Waals surface area contributed by atoms with Crippen molar-refractivity contribution in [3.8, 4) is 6.07 Å². The van der Waals surface area contributed by atoms with Crippen LogP contribution in [-0.4, -0.2) is 12.2 Å². The van der Waals surface area contributed by atoms with Gasteiger partial charge in [0, 0.05) is 17.2 Å². The Bertz CT molecular complexity index is 344. The topological polar surface area (TPSA) is 49.8 Å². The Hall–Kier alpha value is -1.28. The van der Waals surface area contributed by atoms with Crippen LogP contribution < -0.4 is 5.73 Å². The van der Waals surface area contributed by atoms with Crippen molar-refractivity contribution in [2.45, 2.75) is 25.6 Å². The molecule has 0 heterocycles. The molecule has 0 aliphatic heterocycles. The van der Waals surface area contributed by atoms with E-state index in [2.05, 4.69) is 0 Å². The van der Waals surface area contributed by atoms with E-state index >= 15 is 0 Å². The highest BCUT2D eigenvalue weighted by Crippen LogP contribution is 2.35. The Morgan fingerprint density at radius 2 is 2.14 bits per heavy atom. The predicted octanol–water partition coefficient (Wildman–Crippen LogP) is 2.05. The van der Waals surface area contributed by atoms with Gasteiger partial charge in [0.1, 0.15) is 0 Å². The summed E-state index contributed by atoms with van der Waals surface area (Å²) in [4.78, 5) is 0. The molecule has 2 nitrogen and oxygen atoms in total.